The molecule has 0 aliphatic carbocycles. The van der Waals surface area contributed by atoms with Crippen molar-refractivity contribution in [2.75, 3.05) is 33.3 Å². The third kappa shape index (κ3) is 4.65. The zero-order valence-corrected chi connectivity index (χ0v) is 13.5. The van der Waals surface area contributed by atoms with E-state index in [0.29, 0.717) is 0 Å². The number of benzene rings is 1. The van der Waals surface area contributed by atoms with Crippen LogP contribution in [0, 0.1) is 5.82 Å². The molecule has 1 saturated heterocycles. The lowest BCUT2D eigenvalue weighted by molar-refractivity contribution is -0.0450. The molecule has 3 nitrogen and oxygen atoms in total. The summed E-state index contributed by atoms with van der Waals surface area (Å²) in [5.74, 6) is -0.371. The molecule has 1 heterocycles. The fraction of sp³-hybridized carbons (Fsp3) is 0.625. The fourth-order valence-electron chi connectivity index (χ4n) is 2.83. The molecule has 0 bridgehead atoms. The summed E-state index contributed by atoms with van der Waals surface area (Å²) in [6.07, 6.45) is 2.09. The summed E-state index contributed by atoms with van der Waals surface area (Å²) in [6, 6.07) is 5.12. The van der Waals surface area contributed by atoms with Gasteiger partial charge in [0.2, 0.25) is 0 Å². The first kappa shape index (κ1) is 16.7. The van der Waals surface area contributed by atoms with E-state index >= 15 is 0 Å². The third-order valence-electron chi connectivity index (χ3n) is 3.98. The van der Waals surface area contributed by atoms with E-state index in [-0.39, 0.29) is 23.0 Å². The maximum absolute atomic E-state index is 13.2. The predicted octanol–water partition coefficient (Wildman–Crippen LogP) is 2.72. The van der Waals surface area contributed by atoms with Crippen molar-refractivity contribution in [3.8, 4) is 0 Å². The summed E-state index contributed by atoms with van der Waals surface area (Å²) in [5.41, 5.74) is 1.02. The molecule has 1 fully saturated rings. The number of hydrogen-bond donors (Lipinski definition) is 1. The maximum Gasteiger partial charge on any atom is 0.141 e. The van der Waals surface area contributed by atoms with Gasteiger partial charge in [0.15, 0.2) is 0 Å². The highest BCUT2D eigenvalue weighted by atomic mass is 35.5. The Morgan fingerprint density at radius 1 is 1.52 bits per heavy atom. The van der Waals surface area contributed by atoms with Crippen molar-refractivity contribution in [2.24, 2.45) is 0 Å². The summed E-state index contributed by atoms with van der Waals surface area (Å²) in [5, 5.41) is 3.51. The quantitative estimate of drug-likeness (QED) is 0.874. The van der Waals surface area contributed by atoms with Gasteiger partial charge in [0.25, 0.3) is 0 Å². The smallest absolute Gasteiger partial charge is 0.141 e. The monoisotopic (exact) mass is 314 g/mol. The highest BCUT2D eigenvalue weighted by Gasteiger charge is 2.27. The number of hydrogen-bond acceptors (Lipinski definition) is 3. The molecular weight excluding hydrogens is 291 g/mol. The SMILES string of the molecule is CCCN1CCOC(C(Cc2ccc(F)c(Cl)c2)NC)C1. The van der Waals surface area contributed by atoms with E-state index in [2.05, 4.69) is 17.1 Å². The first-order valence-corrected chi connectivity index (χ1v) is 7.97. The molecule has 0 saturated carbocycles. The highest BCUT2D eigenvalue weighted by molar-refractivity contribution is 6.30. The molecule has 118 valence electrons. The largest absolute Gasteiger partial charge is 0.374 e. The molecule has 0 aromatic heterocycles. The van der Waals surface area contributed by atoms with Crippen molar-refractivity contribution >= 4 is 11.6 Å². The van der Waals surface area contributed by atoms with E-state index < -0.39 is 0 Å². The molecular formula is C16H24ClFN2O. The molecule has 0 spiro atoms. The minimum atomic E-state index is -0.371. The Labute approximate surface area is 131 Å². The molecule has 2 rings (SSSR count). The van der Waals surface area contributed by atoms with Gasteiger partial charge in [0.05, 0.1) is 17.7 Å². The average Bonchev–Trinajstić information content (AvgIpc) is 2.49. The van der Waals surface area contributed by atoms with Crippen LogP contribution in [0.4, 0.5) is 4.39 Å². The number of nitrogens with one attached hydrogen (secondary N) is 1. The Morgan fingerprint density at radius 2 is 2.33 bits per heavy atom. The number of ether oxygens (including phenoxy) is 1. The summed E-state index contributed by atoms with van der Waals surface area (Å²) in [7, 11) is 1.94. The van der Waals surface area contributed by atoms with Crippen LogP contribution in [0.25, 0.3) is 0 Å². The summed E-state index contributed by atoms with van der Waals surface area (Å²) in [6.45, 7) is 6.02. The van der Waals surface area contributed by atoms with Crippen molar-refractivity contribution in [2.45, 2.75) is 31.9 Å². The topological polar surface area (TPSA) is 24.5 Å². The van der Waals surface area contributed by atoms with E-state index in [1.54, 1.807) is 12.1 Å². The van der Waals surface area contributed by atoms with Crippen LogP contribution in [-0.2, 0) is 11.2 Å². The molecule has 1 aliphatic rings. The van der Waals surface area contributed by atoms with E-state index in [1.165, 1.54) is 6.07 Å². The molecule has 1 N–H and O–H groups in total. The molecule has 21 heavy (non-hydrogen) atoms. The van der Waals surface area contributed by atoms with Gasteiger partial charge in [-0.25, -0.2) is 4.39 Å². The van der Waals surface area contributed by atoms with E-state index in [0.717, 1.165) is 44.6 Å². The van der Waals surface area contributed by atoms with Crippen LogP contribution in [0.3, 0.4) is 0 Å². The van der Waals surface area contributed by atoms with Crippen molar-refractivity contribution < 1.29 is 9.13 Å². The first-order valence-electron chi connectivity index (χ1n) is 7.59. The second kappa shape index (κ2) is 8.08. The zero-order chi connectivity index (χ0) is 15.2. The average molecular weight is 315 g/mol. The molecule has 0 radical (unpaired) electrons. The van der Waals surface area contributed by atoms with Gasteiger partial charge in [-0.3, -0.25) is 4.90 Å². The van der Waals surface area contributed by atoms with Crippen molar-refractivity contribution in [1.82, 2.24) is 10.2 Å². The highest BCUT2D eigenvalue weighted by Crippen LogP contribution is 2.19. The number of nitrogens with zero attached hydrogens (tertiary/aromatic N) is 1. The Hall–Kier alpha value is -0.680. The van der Waals surface area contributed by atoms with Gasteiger partial charge in [0.1, 0.15) is 5.82 Å². The van der Waals surface area contributed by atoms with Crippen LogP contribution < -0.4 is 5.32 Å². The predicted molar refractivity (Wildman–Crippen MR) is 84.4 cm³/mol. The zero-order valence-electron chi connectivity index (χ0n) is 12.7. The second-order valence-corrected chi connectivity index (χ2v) is 5.96. The van der Waals surface area contributed by atoms with Gasteiger partial charge < -0.3 is 10.1 Å². The normalized spacial score (nSPS) is 21.4. The summed E-state index contributed by atoms with van der Waals surface area (Å²) < 4.78 is 19.2. The van der Waals surface area contributed by atoms with E-state index in [9.17, 15) is 4.39 Å². The second-order valence-electron chi connectivity index (χ2n) is 5.56. The molecule has 2 unspecified atom stereocenters. The molecule has 2 atom stereocenters. The summed E-state index contributed by atoms with van der Waals surface area (Å²) in [4.78, 5) is 2.44. The minimum Gasteiger partial charge on any atom is -0.374 e. The molecule has 0 amide bonds. The Balaban J connectivity index is 1.99. The van der Waals surface area contributed by atoms with Gasteiger partial charge in [-0.05, 0) is 44.1 Å². The number of halogens is 2. The molecule has 1 aromatic rings. The van der Waals surface area contributed by atoms with Crippen LogP contribution in [0.15, 0.2) is 18.2 Å². The molecule has 5 heteroatoms. The number of rotatable bonds is 6. The van der Waals surface area contributed by atoms with Crippen LogP contribution in [0.5, 0.6) is 0 Å². The van der Waals surface area contributed by atoms with Crippen LogP contribution in [-0.4, -0.2) is 50.3 Å². The Morgan fingerprint density at radius 3 is 3.00 bits per heavy atom. The van der Waals surface area contributed by atoms with Crippen molar-refractivity contribution in [3.05, 3.63) is 34.6 Å². The lowest BCUT2D eigenvalue weighted by Crippen LogP contribution is -2.52. The van der Waals surface area contributed by atoms with Crippen molar-refractivity contribution in [3.63, 3.8) is 0 Å². The van der Waals surface area contributed by atoms with E-state index in [4.69, 9.17) is 16.3 Å². The van der Waals surface area contributed by atoms with Gasteiger partial charge in [-0.1, -0.05) is 24.6 Å². The van der Waals surface area contributed by atoms with Crippen LogP contribution in [0.2, 0.25) is 5.02 Å². The lowest BCUT2D eigenvalue weighted by atomic mass is 10.00. The molecule has 1 aliphatic heterocycles. The third-order valence-corrected chi connectivity index (χ3v) is 4.27. The standard InChI is InChI=1S/C16H24ClFN2O/c1-3-6-20-7-8-21-16(11-20)15(19-2)10-12-4-5-14(18)13(17)9-12/h4-5,9,15-16,19H,3,6-8,10-11H2,1-2H3. The van der Waals surface area contributed by atoms with Gasteiger partial charge in [-0.2, -0.15) is 0 Å². The van der Waals surface area contributed by atoms with E-state index in [1.807, 2.05) is 7.05 Å². The number of likely N-dealkylation sites (N-methyl/N-ethyl adjacent to an activating group) is 1. The Bertz CT molecular complexity index is 456. The Kier molecular flexibility index (Phi) is 6.42. The van der Waals surface area contributed by atoms with Gasteiger partial charge in [-0.15, -0.1) is 0 Å². The van der Waals surface area contributed by atoms with Gasteiger partial charge in [0, 0.05) is 19.1 Å². The fourth-order valence-corrected chi connectivity index (χ4v) is 3.04. The lowest BCUT2D eigenvalue weighted by Gasteiger charge is -2.37. The van der Waals surface area contributed by atoms with Gasteiger partial charge >= 0.3 is 0 Å². The van der Waals surface area contributed by atoms with Crippen LogP contribution >= 0.6 is 11.6 Å². The summed E-state index contributed by atoms with van der Waals surface area (Å²) >= 11 is 5.86. The number of morpholine rings is 1. The van der Waals surface area contributed by atoms with Crippen molar-refractivity contribution in [1.29, 1.82) is 0 Å². The maximum atomic E-state index is 13.2. The minimum absolute atomic E-state index is 0.152. The first-order chi connectivity index (χ1) is 10.1. The molecule has 1 aromatic carbocycles. The van der Waals surface area contributed by atoms with Crippen LogP contribution in [0.1, 0.15) is 18.9 Å².